The average molecular weight is 438 g/mol. The van der Waals surface area contributed by atoms with E-state index in [2.05, 4.69) is 19.0 Å². The van der Waals surface area contributed by atoms with E-state index in [1.54, 1.807) is 7.11 Å². The quantitative estimate of drug-likeness (QED) is 0.579. The van der Waals surface area contributed by atoms with Gasteiger partial charge in [-0.1, -0.05) is 19.0 Å². The summed E-state index contributed by atoms with van der Waals surface area (Å²) >= 11 is 0. The summed E-state index contributed by atoms with van der Waals surface area (Å²) in [5.74, 6) is -0.0925. The van der Waals surface area contributed by atoms with Crippen molar-refractivity contribution in [3.8, 4) is 0 Å². The Hall–Kier alpha value is -0.760. The van der Waals surface area contributed by atoms with E-state index in [1.165, 1.54) is 0 Å². The molecule has 7 atom stereocenters. The Balaban J connectivity index is 1.36. The zero-order valence-corrected chi connectivity index (χ0v) is 19.0. The molecule has 2 aliphatic heterocycles. The summed E-state index contributed by atoms with van der Waals surface area (Å²) in [7, 11) is 1.63. The summed E-state index contributed by atoms with van der Waals surface area (Å²) in [6, 6.07) is 0. The van der Waals surface area contributed by atoms with Crippen LogP contribution in [0.25, 0.3) is 0 Å². The van der Waals surface area contributed by atoms with Crippen molar-refractivity contribution in [3.63, 3.8) is 0 Å². The molecule has 4 unspecified atom stereocenters. The predicted molar refractivity (Wildman–Crippen MR) is 111 cm³/mol. The summed E-state index contributed by atoms with van der Waals surface area (Å²) in [4.78, 5) is 5.34. The van der Waals surface area contributed by atoms with E-state index in [9.17, 15) is 0 Å². The first-order chi connectivity index (χ1) is 14.9. The van der Waals surface area contributed by atoms with Crippen LogP contribution in [0.1, 0.15) is 58.8 Å². The highest BCUT2D eigenvalue weighted by Crippen LogP contribution is 2.70. The van der Waals surface area contributed by atoms with Gasteiger partial charge in [0.1, 0.15) is 7.11 Å². The minimum atomic E-state index is -1.06. The van der Waals surface area contributed by atoms with E-state index >= 15 is 4.39 Å². The van der Waals surface area contributed by atoms with Gasteiger partial charge in [0.2, 0.25) is 5.79 Å². The number of hydrogen-bond acceptors (Lipinski definition) is 6. The van der Waals surface area contributed by atoms with Crippen LogP contribution < -0.4 is 0 Å². The molecular weight excluding hydrogens is 401 g/mol. The van der Waals surface area contributed by atoms with Gasteiger partial charge in [-0.25, -0.2) is 4.39 Å². The fraction of sp³-hybridized carbons (Fsp3) is 0.958. The standard InChI is InChI=1S/C24H36FNO5/c1-21-6-7-23(28-8-9-29-23)14-18(21)19(26-27-3)12-15-16(21)4-5-22(2)17(15)13-20(25)24(22)30-10-11-31-24/h15-18,20H,4-14H2,1-3H3/b26-19+/t15?,16?,17?,18?,20-,21-,22+/m1/s1. The maximum atomic E-state index is 15.5. The number of halogens is 1. The normalized spacial score (nSPS) is 51.1. The van der Waals surface area contributed by atoms with Crippen molar-refractivity contribution in [1.29, 1.82) is 0 Å². The Morgan fingerprint density at radius 1 is 0.968 bits per heavy atom. The monoisotopic (exact) mass is 437 g/mol. The van der Waals surface area contributed by atoms with Crippen molar-refractivity contribution in [2.24, 2.45) is 39.7 Å². The van der Waals surface area contributed by atoms with Crippen LogP contribution >= 0.6 is 0 Å². The van der Waals surface area contributed by atoms with Crippen LogP contribution in [0.5, 0.6) is 0 Å². The smallest absolute Gasteiger partial charge is 0.205 e. The second-order valence-electron chi connectivity index (χ2n) is 11.2. The molecule has 174 valence electrons. The highest BCUT2D eigenvalue weighted by molar-refractivity contribution is 5.88. The molecule has 0 aromatic rings. The molecule has 2 heterocycles. The van der Waals surface area contributed by atoms with E-state index in [4.69, 9.17) is 23.8 Å². The maximum Gasteiger partial charge on any atom is 0.205 e. The molecule has 0 aromatic heterocycles. The minimum Gasteiger partial charge on any atom is -0.399 e. The molecule has 0 radical (unpaired) electrons. The predicted octanol–water partition coefficient (Wildman–Crippen LogP) is 4.08. The molecule has 6 fully saturated rings. The molecule has 6 rings (SSSR count). The molecule has 0 bridgehead atoms. The van der Waals surface area contributed by atoms with Gasteiger partial charge in [-0.05, 0) is 55.3 Å². The summed E-state index contributed by atoms with van der Waals surface area (Å²) in [6.07, 6.45) is 5.17. The third-order valence-electron chi connectivity index (χ3n) is 10.3. The van der Waals surface area contributed by atoms with Crippen molar-refractivity contribution in [3.05, 3.63) is 0 Å². The van der Waals surface area contributed by atoms with Gasteiger partial charge >= 0.3 is 0 Å². The first-order valence-corrected chi connectivity index (χ1v) is 12.2. The lowest BCUT2D eigenvalue weighted by molar-refractivity contribution is -0.266. The van der Waals surface area contributed by atoms with Crippen molar-refractivity contribution in [1.82, 2.24) is 0 Å². The number of hydrogen-bond donors (Lipinski definition) is 0. The van der Waals surface area contributed by atoms with Crippen LogP contribution in [0, 0.1) is 34.5 Å². The van der Waals surface area contributed by atoms with Crippen LogP contribution in [0.15, 0.2) is 5.16 Å². The highest BCUT2D eigenvalue weighted by atomic mass is 19.1. The SMILES string of the molecule is CO/N=C1\CC2C(CC[C@@]3(C)C2C[C@@H](F)C32OCCO2)[C@@]2(C)CCC3(CC12)OCCO3. The third-order valence-corrected chi connectivity index (χ3v) is 10.3. The second-order valence-corrected chi connectivity index (χ2v) is 11.2. The molecule has 6 nitrogen and oxygen atoms in total. The van der Waals surface area contributed by atoms with Crippen LogP contribution in [-0.2, 0) is 23.8 Å². The molecule has 7 heteroatoms. The van der Waals surface area contributed by atoms with Crippen molar-refractivity contribution >= 4 is 5.71 Å². The van der Waals surface area contributed by atoms with Gasteiger partial charge in [0.15, 0.2) is 12.0 Å². The molecular formula is C24H36FNO5. The van der Waals surface area contributed by atoms with E-state index in [-0.39, 0.29) is 22.7 Å². The lowest BCUT2D eigenvalue weighted by Crippen LogP contribution is -2.61. The lowest BCUT2D eigenvalue weighted by atomic mass is 9.44. The molecule has 2 spiro atoms. The number of oxime groups is 1. The molecule has 6 aliphatic rings. The molecule has 0 N–H and O–H groups in total. The van der Waals surface area contributed by atoms with Gasteiger partial charge in [0.25, 0.3) is 0 Å². The first kappa shape index (κ1) is 20.8. The summed E-state index contributed by atoms with van der Waals surface area (Å²) in [5, 5.41) is 4.55. The van der Waals surface area contributed by atoms with Crippen LogP contribution in [0.3, 0.4) is 0 Å². The topological polar surface area (TPSA) is 58.5 Å². The van der Waals surface area contributed by atoms with Gasteiger partial charge in [-0.15, -0.1) is 0 Å². The zero-order chi connectivity index (χ0) is 21.5. The Bertz CT molecular complexity index is 763. The van der Waals surface area contributed by atoms with Crippen molar-refractivity contribution in [2.45, 2.75) is 76.5 Å². The van der Waals surface area contributed by atoms with Gasteiger partial charge in [-0.3, -0.25) is 0 Å². The molecule has 31 heavy (non-hydrogen) atoms. The molecule has 2 saturated heterocycles. The van der Waals surface area contributed by atoms with Crippen molar-refractivity contribution < 1.29 is 28.2 Å². The summed E-state index contributed by atoms with van der Waals surface area (Å²) in [6.45, 7) is 6.99. The van der Waals surface area contributed by atoms with E-state index in [0.717, 1.165) is 44.2 Å². The largest absolute Gasteiger partial charge is 0.399 e. The molecule has 4 aliphatic carbocycles. The number of alkyl halides is 1. The Kier molecular flexibility index (Phi) is 4.62. The first-order valence-electron chi connectivity index (χ1n) is 12.2. The maximum absolute atomic E-state index is 15.5. The van der Waals surface area contributed by atoms with E-state index in [0.29, 0.717) is 44.7 Å². The second kappa shape index (κ2) is 6.87. The Morgan fingerprint density at radius 3 is 2.39 bits per heavy atom. The van der Waals surface area contributed by atoms with Crippen LogP contribution in [0.2, 0.25) is 0 Å². The Morgan fingerprint density at radius 2 is 1.68 bits per heavy atom. The molecule has 0 aromatic carbocycles. The third kappa shape index (κ3) is 2.61. The van der Waals surface area contributed by atoms with Crippen molar-refractivity contribution in [2.75, 3.05) is 33.5 Å². The molecule has 4 saturated carbocycles. The van der Waals surface area contributed by atoms with Gasteiger partial charge in [0, 0.05) is 24.2 Å². The minimum absolute atomic E-state index is 0.0983. The summed E-state index contributed by atoms with van der Waals surface area (Å²) < 4.78 is 39.8. The lowest BCUT2D eigenvalue weighted by Gasteiger charge is -2.62. The number of rotatable bonds is 1. The van der Waals surface area contributed by atoms with E-state index < -0.39 is 17.7 Å². The Labute approximate surface area is 184 Å². The average Bonchev–Trinajstić information content (AvgIpc) is 3.47. The highest BCUT2D eigenvalue weighted by Gasteiger charge is 2.72. The fourth-order valence-electron chi connectivity index (χ4n) is 8.84. The zero-order valence-electron chi connectivity index (χ0n) is 19.0. The number of ether oxygens (including phenoxy) is 4. The molecule has 0 amide bonds. The van der Waals surface area contributed by atoms with Gasteiger partial charge in [-0.2, -0.15) is 0 Å². The number of nitrogens with zero attached hydrogens (tertiary/aromatic N) is 1. The van der Waals surface area contributed by atoms with E-state index in [1.807, 2.05) is 0 Å². The van der Waals surface area contributed by atoms with Gasteiger partial charge in [0.05, 0.1) is 32.1 Å². The van der Waals surface area contributed by atoms with Crippen LogP contribution in [0.4, 0.5) is 4.39 Å². The van der Waals surface area contributed by atoms with Gasteiger partial charge < -0.3 is 23.8 Å². The fourth-order valence-corrected chi connectivity index (χ4v) is 8.84. The summed E-state index contributed by atoms with van der Waals surface area (Å²) in [5.41, 5.74) is 0.915. The number of fused-ring (bicyclic) bond motifs is 6. The van der Waals surface area contributed by atoms with Crippen LogP contribution in [-0.4, -0.2) is 57.0 Å².